The molecule has 1 aromatic carbocycles. The van der Waals surface area contributed by atoms with Crippen LogP contribution < -0.4 is 0 Å². The molecule has 0 spiro atoms. The Balaban J connectivity index is 2.23. The number of hydrogen-bond donors (Lipinski definition) is 0. The lowest BCUT2D eigenvalue weighted by Crippen LogP contribution is -2.31. The molecule has 1 aliphatic heterocycles. The number of likely N-dealkylation sites (N-methyl/N-ethyl adjacent to an activating group) is 1. The summed E-state index contributed by atoms with van der Waals surface area (Å²) in [6.45, 7) is 7.21. The summed E-state index contributed by atoms with van der Waals surface area (Å²) in [5.41, 5.74) is 2.64. The minimum Gasteiger partial charge on any atom is -0.463 e. The van der Waals surface area contributed by atoms with E-state index >= 15 is 0 Å². The van der Waals surface area contributed by atoms with Gasteiger partial charge in [-0.1, -0.05) is 20.8 Å². The molecule has 0 saturated carbocycles. The number of benzene rings is 1. The first kappa shape index (κ1) is 15.4. The summed E-state index contributed by atoms with van der Waals surface area (Å²) >= 11 is 0. The zero-order chi connectivity index (χ0) is 15.4. The van der Waals surface area contributed by atoms with Crippen LogP contribution in [0.25, 0.3) is 0 Å². The van der Waals surface area contributed by atoms with E-state index in [-0.39, 0.29) is 0 Å². The molecule has 0 bridgehead atoms. The highest BCUT2D eigenvalue weighted by Gasteiger charge is 2.28. The number of ether oxygens (including phenoxy) is 1. The number of nitriles is 1. The van der Waals surface area contributed by atoms with Crippen molar-refractivity contribution in [3.05, 3.63) is 29.3 Å². The third-order valence-corrected chi connectivity index (χ3v) is 3.80. The number of aryl methyl sites for hydroxylation is 1. The van der Waals surface area contributed by atoms with Gasteiger partial charge in [-0.25, -0.2) is 0 Å². The van der Waals surface area contributed by atoms with E-state index in [2.05, 4.69) is 36.7 Å². The average Bonchev–Trinajstić information content (AvgIpc) is 2.80. The van der Waals surface area contributed by atoms with Crippen molar-refractivity contribution in [3.63, 3.8) is 0 Å². The van der Waals surface area contributed by atoms with Gasteiger partial charge in [0.2, 0.25) is 0 Å². The largest absolute Gasteiger partial charge is 0.463 e. The van der Waals surface area contributed by atoms with Crippen molar-refractivity contribution in [1.82, 2.24) is 4.90 Å². The number of hydrogen-bond acceptors (Lipinski definition) is 3. The van der Waals surface area contributed by atoms with E-state index in [1.165, 1.54) is 0 Å². The Morgan fingerprint density at radius 3 is 2.86 bits per heavy atom. The summed E-state index contributed by atoms with van der Waals surface area (Å²) in [4.78, 5) is 6.78. The monoisotopic (exact) mass is 285 g/mol. The third kappa shape index (κ3) is 3.55. The molecule has 21 heavy (non-hydrogen) atoms. The second-order valence-electron chi connectivity index (χ2n) is 5.91. The van der Waals surface area contributed by atoms with Crippen LogP contribution in [-0.2, 0) is 11.2 Å². The maximum Gasteiger partial charge on any atom is 0.292 e. The van der Waals surface area contributed by atoms with E-state index in [9.17, 15) is 0 Å². The fourth-order valence-electron chi connectivity index (χ4n) is 2.57. The minimum absolute atomic E-state index is 0.396. The highest BCUT2D eigenvalue weighted by Crippen LogP contribution is 2.25. The van der Waals surface area contributed by atoms with Crippen LogP contribution in [0.4, 0.5) is 5.69 Å². The van der Waals surface area contributed by atoms with Crippen molar-refractivity contribution in [2.45, 2.75) is 39.7 Å². The molecule has 1 aliphatic rings. The summed E-state index contributed by atoms with van der Waals surface area (Å²) in [5, 5.41) is 8.97. The molecule has 1 saturated heterocycles. The molecule has 0 radical (unpaired) electrons. The van der Waals surface area contributed by atoms with Crippen LogP contribution in [0.2, 0.25) is 0 Å². The lowest BCUT2D eigenvalue weighted by molar-refractivity contribution is 0.290. The van der Waals surface area contributed by atoms with E-state index < -0.39 is 0 Å². The predicted molar refractivity (Wildman–Crippen MR) is 84.6 cm³/mol. The molecule has 0 aliphatic carbocycles. The summed E-state index contributed by atoms with van der Waals surface area (Å²) in [6, 6.07) is 8.85. The maximum absolute atomic E-state index is 8.97. The molecule has 1 atom stereocenters. The van der Waals surface area contributed by atoms with Crippen LogP contribution in [0.5, 0.6) is 0 Å². The van der Waals surface area contributed by atoms with E-state index in [0.29, 0.717) is 30.2 Å². The smallest absolute Gasteiger partial charge is 0.292 e. The molecule has 1 heterocycles. The molecular weight excluding hydrogens is 262 g/mol. The first-order chi connectivity index (χ1) is 10.0. The van der Waals surface area contributed by atoms with Gasteiger partial charge in [0.25, 0.3) is 6.02 Å². The Hall–Kier alpha value is -2.02. The molecule has 1 fully saturated rings. The van der Waals surface area contributed by atoms with Gasteiger partial charge in [-0.2, -0.15) is 10.3 Å². The van der Waals surface area contributed by atoms with Crippen molar-refractivity contribution in [1.29, 1.82) is 5.26 Å². The van der Waals surface area contributed by atoms with Gasteiger partial charge in [0, 0.05) is 7.05 Å². The van der Waals surface area contributed by atoms with Gasteiger partial charge >= 0.3 is 0 Å². The Kier molecular flexibility index (Phi) is 4.85. The molecule has 0 unspecified atom stereocenters. The van der Waals surface area contributed by atoms with Crippen LogP contribution >= 0.6 is 0 Å². The average molecular weight is 285 g/mol. The molecule has 4 nitrogen and oxygen atoms in total. The summed E-state index contributed by atoms with van der Waals surface area (Å²) < 4.78 is 5.75. The fourth-order valence-corrected chi connectivity index (χ4v) is 2.57. The lowest BCUT2D eigenvalue weighted by Gasteiger charge is -2.19. The zero-order valence-corrected chi connectivity index (χ0v) is 13.3. The van der Waals surface area contributed by atoms with Crippen LogP contribution in [0, 0.1) is 17.2 Å². The first-order valence-corrected chi connectivity index (χ1v) is 7.52. The van der Waals surface area contributed by atoms with E-state index in [0.717, 1.165) is 24.1 Å². The predicted octanol–water partition coefficient (Wildman–Crippen LogP) is 3.48. The van der Waals surface area contributed by atoms with Gasteiger partial charge < -0.3 is 9.64 Å². The van der Waals surface area contributed by atoms with Gasteiger partial charge in [0.05, 0.1) is 23.4 Å². The standard InChI is InChI=1S/C17H23N3O/c1-5-14-9-13(10-18)6-7-16(14)19-17-20(4)15(11-21-17)8-12(2)3/h6-7,9,12,15H,5,8,11H2,1-4H3/t15-/m0/s1. The van der Waals surface area contributed by atoms with Gasteiger partial charge in [-0.3, -0.25) is 0 Å². The van der Waals surface area contributed by atoms with Crippen LogP contribution in [0.3, 0.4) is 0 Å². The molecule has 0 N–H and O–H groups in total. The normalized spacial score (nSPS) is 19.9. The minimum atomic E-state index is 0.396. The van der Waals surface area contributed by atoms with Gasteiger partial charge in [-0.05, 0) is 42.5 Å². The first-order valence-electron chi connectivity index (χ1n) is 7.52. The van der Waals surface area contributed by atoms with Crippen molar-refractivity contribution >= 4 is 11.7 Å². The number of amidine groups is 1. The lowest BCUT2D eigenvalue weighted by atomic mass is 10.0. The third-order valence-electron chi connectivity index (χ3n) is 3.80. The number of nitrogens with zero attached hydrogens (tertiary/aromatic N) is 3. The molecule has 0 amide bonds. The highest BCUT2D eigenvalue weighted by atomic mass is 16.5. The Morgan fingerprint density at radius 1 is 1.48 bits per heavy atom. The van der Waals surface area contributed by atoms with Gasteiger partial charge in [-0.15, -0.1) is 0 Å². The van der Waals surface area contributed by atoms with Crippen molar-refractivity contribution in [3.8, 4) is 6.07 Å². The van der Waals surface area contributed by atoms with Gasteiger partial charge in [0.15, 0.2) is 0 Å². The van der Waals surface area contributed by atoms with E-state index in [1.807, 2.05) is 19.2 Å². The molecule has 0 aromatic heterocycles. The maximum atomic E-state index is 8.97. The molecule has 2 rings (SSSR count). The Labute approximate surface area is 127 Å². The molecule has 1 aromatic rings. The van der Waals surface area contributed by atoms with E-state index in [1.54, 1.807) is 6.07 Å². The topological polar surface area (TPSA) is 48.6 Å². The Bertz CT molecular complexity index is 572. The van der Waals surface area contributed by atoms with E-state index in [4.69, 9.17) is 10.00 Å². The number of aliphatic imine (C=N–C) groups is 1. The summed E-state index contributed by atoms with van der Waals surface area (Å²) in [7, 11) is 2.04. The number of rotatable bonds is 4. The van der Waals surface area contributed by atoms with Crippen LogP contribution in [0.15, 0.2) is 23.2 Å². The SMILES string of the molecule is CCc1cc(C#N)ccc1N=C1OC[C@H](CC(C)C)N1C. The fraction of sp³-hybridized carbons (Fsp3) is 0.529. The van der Waals surface area contributed by atoms with Gasteiger partial charge in [0.1, 0.15) is 6.61 Å². The second-order valence-corrected chi connectivity index (χ2v) is 5.91. The summed E-state index contributed by atoms with van der Waals surface area (Å²) in [6.07, 6.45) is 1.95. The molecule has 4 heteroatoms. The van der Waals surface area contributed by atoms with Crippen LogP contribution in [0.1, 0.15) is 38.3 Å². The highest BCUT2D eigenvalue weighted by molar-refractivity contribution is 5.79. The van der Waals surface area contributed by atoms with Crippen molar-refractivity contribution in [2.75, 3.05) is 13.7 Å². The van der Waals surface area contributed by atoms with Crippen molar-refractivity contribution < 1.29 is 4.74 Å². The summed E-state index contributed by atoms with van der Waals surface area (Å²) in [5.74, 6) is 0.640. The van der Waals surface area contributed by atoms with Crippen LogP contribution in [-0.4, -0.2) is 30.6 Å². The zero-order valence-electron chi connectivity index (χ0n) is 13.3. The quantitative estimate of drug-likeness (QED) is 0.851. The molecular formula is C17H23N3O. The molecule has 112 valence electrons. The second kappa shape index (κ2) is 6.62. The Morgan fingerprint density at radius 2 is 2.24 bits per heavy atom. The van der Waals surface area contributed by atoms with Crippen molar-refractivity contribution in [2.24, 2.45) is 10.9 Å².